The fourth-order valence-corrected chi connectivity index (χ4v) is 3.08. The molecule has 0 unspecified atom stereocenters. The van der Waals surface area contributed by atoms with Gasteiger partial charge >= 0.3 is 0 Å². The molecular formula is C24H29N3O4. The monoisotopic (exact) mass is 423 g/mol. The molecule has 0 aliphatic carbocycles. The van der Waals surface area contributed by atoms with Gasteiger partial charge in [0.15, 0.2) is 6.10 Å². The van der Waals surface area contributed by atoms with Crippen molar-refractivity contribution in [3.63, 3.8) is 0 Å². The zero-order valence-corrected chi connectivity index (χ0v) is 18.6. The highest BCUT2D eigenvalue weighted by Crippen LogP contribution is 2.28. The van der Waals surface area contributed by atoms with Crippen molar-refractivity contribution >= 4 is 5.91 Å². The van der Waals surface area contributed by atoms with Gasteiger partial charge in [-0.2, -0.15) is 4.98 Å². The molecule has 0 fully saturated rings. The molecule has 164 valence electrons. The van der Waals surface area contributed by atoms with Gasteiger partial charge in [-0.15, -0.1) is 0 Å². The zero-order valence-electron chi connectivity index (χ0n) is 18.6. The third-order valence-electron chi connectivity index (χ3n) is 4.77. The highest BCUT2D eigenvalue weighted by Gasteiger charge is 2.18. The van der Waals surface area contributed by atoms with Gasteiger partial charge in [0, 0.05) is 5.56 Å². The average molecular weight is 424 g/mol. The van der Waals surface area contributed by atoms with Gasteiger partial charge in [-0.1, -0.05) is 31.1 Å². The molecular weight excluding hydrogens is 394 g/mol. The van der Waals surface area contributed by atoms with E-state index in [1.54, 1.807) is 6.92 Å². The summed E-state index contributed by atoms with van der Waals surface area (Å²) in [6.07, 6.45) is -0.659. The minimum Gasteiger partial charge on any atom is -0.494 e. The first-order valence-electron chi connectivity index (χ1n) is 10.5. The molecule has 7 heteroatoms. The minimum absolute atomic E-state index is 0.126. The lowest BCUT2D eigenvalue weighted by Gasteiger charge is -2.19. The van der Waals surface area contributed by atoms with Gasteiger partial charge < -0.3 is 19.3 Å². The van der Waals surface area contributed by atoms with Crippen LogP contribution in [0, 0.1) is 6.92 Å². The largest absolute Gasteiger partial charge is 0.494 e. The van der Waals surface area contributed by atoms with Crippen molar-refractivity contribution in [3.8, 4) is 22.9 Å². The quantitative estimate of drug-likeness (QED) is 0.539. The van der Waals surface area contributed by atoms with Gasteiger partial charge in [0.05, 0.1) is 13.2 Å². The number of benzene rings is 2. The summed E-state index contributed by atoms with van der Waals surface area (Å²) in [5.74, 6) is 2.33. The smallest absolute Gasteiger partial charge is 0.261 e. The van der Waals surface area contributed by atoms with Crippen molar-refractivity contribution in [2.24, 2.45) is 0 Å². The summed E-state index contributed by atoms with van der Waals surface area (Å²) in [5.41, 5.74) is 2.96. The maximum atomic E-state index is 12.5. The van der Waals surface area contributed by atoms with Crippen LogP contribution in [0.1, 0.15) is 50.6 Å². The third-order valence-corrected chi connectivity index (χ3v) is 4.77. The van der Waals surface area contributed by atoms with Crippen LogP contribution in [0.4, 0.5) is 0 Å². The van der Waals surface area contributed by atoms with Crippen LogP contribution in [0.5, 0.6) is 11.5 Å². The highest BCUT2D eigenvalue weighted by molar-refractivity contribution is 5.80. The number of rotatable bonds is 9. The van der Waals surface area contributed by atoms with Crippen LogP contribution in [0.3, 0.4) is 0 Å². The molecule has 31 heavy (non-hydrogen) atoms. The van der Waals surface area contributed by atoms with E-state index in [0.29, 0.717) is 24.2 Å². The first-order chi connectivity index (χ1) is 14.9. The van der Waals surface area contributed by atoms with Crippen molar-refractivity contribution in [1.82, 2.24) is 15.5 Å². The number of hydrogen-bond donors (Lipinski definition) is 1. The molecule has 3 rings (SSSR count). The fraction of sp³-hybridized carbons (Fsp3) is 0.375. The molecule has 7 nitrogen and oxygen atoms in total. The van der Waals surface area contributed by atoms with Crippen LogP contribution in [0.15, 0.2) is 47.0 Å². The molecule has 3 aromatic rings. The van der Waals surface area contributed by atoms with Gasteiger partial charge in [-0.05, 0) is 68.1 Å². The zero-order chi connectivity index (χ0) is 22.4. The van der Waals surface area contributed by atoms with Crippen molar-refractivity contribution in [3.05, 3.63) is 59.5 Å². The maximum absolute atomic E-state index is 12.5. The van der Waals surface area contributed by atoms with E-state index in [-0.39, 0.29) is 12.5 Å². The summed E-state index contributed by atoms with van der Waals surface area (Å²) in [4.78, 5) is 16.9. The van der Waals surface area contributed by atoms with E-state index in [1.807, 2.05) is 56.3 Å². The van der Waals surface area contributed by atoms with Gasteiger partial charge in [0.2, 0.25) is 11.7 Å². The molecule has 1 aromatic heterocycles. The summed E-state index contributed by atoms with van der Waals surface area (Å²) < 4.78 is 16.7. The Labute approximate surface area is 182 Å². The van der Waals surface area contributed by atoms with Crippen LogP contribution < -0.4 is 14.8 Å². The van der Waals surface area contributed by atoms with Crippen LogP contribution >= 0.6 is 0 Å². The van der Waals surface area contributed by atoms with Gasteiger partial charge in [-0.3, -0.25) is 4.79 Å². The Balaban J connectivity index is 1.58. The summed E-state index contributed by atoms with van der Waals surface area (Å²) in [5, 5.41) is 6.78. The number of amides is 1. The molecule has 1 N–H and O–H groups in total. The number of carbonyl (C=O) groups is 1. The molecule has 0 spiro atoms. The molecule has 0 saturated carbocycles. The molecule has 0 aliphatic heterocycles. The van der Waals surface area contributed by atoms with Crippen molar-refractivity contribution in [1.29, 1.82) is 0 Å². The summed E-state index contributed by atoms with van der Waals surface area (Å²) in [7, 11) is 0. The summed E-state index contributed by atoms with van der Waals surface area (Å²) in [6, 6.07) is 13.5. The summed E-state index contributed by atoms with van der Waals surface area (Å²) >= 11 is 0. The molecule has 1 heterocycles. The lowest BCUT2D eigenvalue weighted by Crippen LogP contribution is -2.36. The van der Waals surface area contributed by atoms with E-state index in [9.17, 15) is 4.79 Å². The standard InChI is InChI=1S/C24H29N3O4/c1-6-29-19-10-8-18(9-11-19)23-26-22(31-27-23)14-25-24(28)17(5)30-21-13-16(4)7-12-20(21)15(2)3/h7-13,15,17H,6,14H2,1-5H3,(H,25,28)/t17-/m1/s1. The molecule has 0 bridgehead atoms. The van der Waals surface area contributed by atoms with Crippen LogP contribution in [0.2, 0.25) is 0 Å². The summed E-state index contributed by atoms with van der Waals surface area (Å²) in [6.45, 7) is 10.6. The predicted molar refractivity (Wildman–Crippen MR) is 118 cm³/mol. The molecule has 1 amide bonds. The number of nitrogens with one attached hydrogen (secondary N) is 1. The van der Waals surface area contributed by atoms with Crippen LogP contribution in [-0.2, 0) is 11.3 Å². The third kappa shape index (κ3) is 5.84. The minimum atomic E-state index is -0.659. The molecule has 0 radical (unpaired) electrons. The second kappa shape index (κ2) is 10.1. The highest BCUT2D eigenvalue weighted by atomic mass is 16.5. The molecule has 2 aromatic carbocycles. The maximum Gasteiger partial charge on any atom is 0.261 e. The van der Waals surface area contributed by atoms with E-state index in [2.05, 4.69) is 29.3 Å². The van der Waals surface area contributed by atoms with Crippen molar-refractivity contribution < 1.29 is 18.8 Å². The second-order valence-electron chi connectivity index (χ2n) is 7.64. The molecule has 0 aliphatic rings. The lowest BCUT2D eigenvalue weighted by atomic mass is 10.0. The SMILES string of the molecule is CCOc1ccc(-c2noc(CNC(=O)[C@@H](C)Oc3cc(C)ccc3C(C)C)n2)cc1. The number of carbonyl (C=O) groups excluding carboxylic acids is 1. The van der Waals surface area contributed by atoms with Crippen molar-refractivity contribution in [2.45, 2.75) is 53.2 Å². The van der Waals surface area contributed by atoms with Crippen LogP contribution in [-0.4, -0.2) is 28.8 Å². The Morgan fingerprint density at radius 1 is 1.13 bits per heavy atom. The van der Waals surface area contributed by atoms with Gasteiger partial charge in [0.25, 0.3) is 5.91 Å². The number of nitrogens with zero attached hydrogens (tertiary/aromatic N) is 2. The number of hydrogen-bond acceptors (Lipinski definition) is 6. The predicted octanol–water partition coefficient (Wildman–Crippen LogP) is 4.65. The Bertz CT molecular complexity index is 1010. The topological polar surface area (TPSA) is 86.5 Å². The normalized spacial score (nSPS) is 11.9. The number of ether oxygens (including phenoxy) is 2. The molecule has 0 saturated heterocycles. The Hall–Kier alpha value is -3.35. The van der Waals surface area contributed by atoms with E-state index >= 15 is 0 Å². The van der Waals surface area contributed by atoms with Gasteiger partial charge in [-0.25, -0.2) is 0 Å². The number of aryl methyl sites for hydroxylation is 1. The fourth-order valence-electron chi connectivity index (χ4n) is 3.08. The Kier molecular flexibility index (Phi) is 7.28. The van der Waals surface area contributed by atoms with E-state index in [0.717, 1.165) is 28.2 Å². The number of aromatic nitrogens is 2. The second-order valence-corrected chi connectivity index (χ2v) is 7.64. The van der Waals surface area contributed by atoms with Crippen LogP contribution in [0.25, 0.3) is 11.4 Å². The Morgan fingerprint density at radius 3 is 2.55 bits per heavy atom. The first-order valence-corrected chi connectivity index (χ1v) is 10.5. The lowest BCUT2D eigenvalue weighted by molar-refractivity contribution is -0.127. The van der Waals surface area contributed by atoms with E-state index in [1.165, 1.54) is 0 Å². The first kappa shape index (κ1) is 22.3. The van der Waals surface area contributed by atoms with E-state index < -0.39 is 6.10 Å². The Morgan fingerprint density at radius 2 is 1.87 bits per heavy atom. The molecule has 1 atom stereocenters. The van der Waals surface area contributed by atoms with E-state index in [4.69, 9.17) is 14.0 Å². The van der Waals surface area contributed by atoms with Crippen molar-refractivity contribution in [2.75, 3.05) is 6.61 Å². The average Bonchev–Trinajstić information content (AvgIpc) is 3.21. The van der Waals surface area contributed by atoms with Gasteiger partial charge in [0.1, 0.15) is 11.5 Å².